The van der Waals surface area contributed by atoms with E-state index in [2.05, 4.69) is 71.8 Å². The summed E-state index contributed by atoms with van der Waals surface area (Å²) in [5.41, 5.74) is 10.7. The Kier molecular flexibility index (Phi) is 4.43. The molecule has 2 rings (SSSR count). The van der Waals surface area contributed by atoms with Crippen LogP contribution in [0.25, 0.3) is 0 Å². The van der Waals surface area contributed by atoms with E-state index in [0.717, 1.165) is 16.0 Å². The van der Waals surface area contributed by atoms with Crippen molar-refractivity contribution in [1.29, 1.82) is 0 Å². The highest BCUT2D eigenvalue weighted by Crippen LogP contribution is 2.27. The summed E-state index contributed by atoms with van der Waals surface area (Å²) in [5, 5.41) is 0. The van der Waals surface area contributed by atoms with Gasteiger partial charge in [-0.25, -0.2) is 9.97 Å². The zero-order chi connectivity index (χ0) is 14.9. The lowest BCUT2D eigenvalue weighted by molar-refractivity contribution is 0.786. The van der Waals surface area contributed by atoms with Crippen LogP contribution in [0.1, 0.15) is 48.0 Å². The molecule has 0 amide bonds. The fourth-order valence-corrected chi connectivity index (χ4v) is 2.73. The van der Waals surface area contributed by atoms with E-state index in [1.165, 1.54) is 16.7 Å². The van der Waals surface area contributed by atoms with E-state index in [0.29, 0.717) is 18.2 Å². The van der Waals surface area contributed by atoms with Gasteiger partial charge in [0.15, 0.2) is 0 Å². The van der Waals surface area contributed by atoms with Crippen LogP contribution in [0, 0.1) is 13.8 Å². The summed E-state index contributed by atoms with van der Waals surface area (Å²) in [6.07, 6.45) is 0.707. The number of nitrogens with zero attached hydrogens (tertiary/aromatic N) is 2. The maximum atomic E-state index is 5.97. The number of aryl methyl sites for hydroxylation is 2. The molecule has 0 spiro atoms. The smallest absolute Gasteiger partial charge is 0.141 e. The Morgan fingerprint density at radius 3 is 2.45 bits per heavy atom. The predicted molar refractivity (Wildman–Crippen MR) is 87.0 cm³/mol. The topological polar surface area (TPSA) is 51.8 Å². The van der Waals surface area contributed by atoms with Gasteiger partial charge in [-0.2, -0.15) is 0 Å². The van der Waals surface area contributed by atoms with Crippen LogP contribution in [0.2, 0.25) is 0 Å². The van der Waals surface area contributed by atoms with Crippen molar-refractivity contribution >= 4 is 21.7 Å². The second-order valence-corrected chi connectivity index (χ2v) is 6.27. The van der Waals surface area contributed by atoms with Crippen molar-refractivity contribution in [2.24, 2.45) is 0 Å². The second-order valence-electron chi connectivity index (χ2n) is 5.47. The van der Waals surface area contributed by atoms with E-state index in [-0.39, 0.29) is 0 Å². The van der Waals surface area contributed by atoms with Crippen LogP contribution in [-0.2, 0) is 6.42 Å². The maximum absolute atomic E-state index is 5.97. The number of halogens is 1. The number of aromatic nitrogens is 2. The number of hydrogen-bond donors (Lipinski definition) is 1. The summed E-state index contributed by atoms with van der Waals surface area (Å²) in [7, 11) is 0. The molecule has 0 aliphatic rings. The van der Waals surface area contributed by atoms with Crippen molar-refractivity contribution < 1.29 is 0 Å². The van der Waals surface area contributed by atoms with Gasteiger partial charge in [-0.1, -0.05) is 32.0 Å². The summed E-state index contributed by atoms with van der Waals surface area (Å²) in [4.78, 5) is 9.02. The molecule has 0 bridgehead atoms. The average Bonchev–Trinajstić information content (AvgIpc) is 2.37. The first-order valence-corrected chi connectivity index (χ1v) is 7.55. The van der Waals surface area contributed by atoms with Gasteiger partial charge < -0.3 is 5.73 Å². The summed E-state index contributed by atoms with van der Waals surface area (Å²) in [6.45, 7) is 8.44. The largest absolute Gasteiger partial charge is 0.383 e. The third kappa shape index (κ3) is 3.18. The molecule has 0 fully saturated rings. The molecule has 1 aromatic heterocycles. The molecule has 106 valence electrons. The summed E-state index contributed by atoms with van der Waals surface area (Å²) >= 11 is 3.47. The van der Waals surface area contributed by atoms with Gasteiger partial charge in [0.1, 0.15) is 11.6 Å². The number of nitrogens with two attached hydrogens (primary N) is 1. The van der Waals surface area contributed by atoms with Gasteiger partial charge in [-0.3, -0.25) is 0 Å². The van der Waals surface area contributed by atoms with Crippen LogP contribution in [0.15, 0.2) is 22.7 Å². The highest BCUT2D eigenvalue weighted by Gasteiger charge is 2.13. The number of rotatable bonds is 3. The molecule has 3 nitrogen and oxygen atoms in total. The summed E-state index contributed by atoms with van der Waals surface area (Å²) < 4.78 is 0.816. The quantitative estimate of drug-likeness (QED) is 0.917. The molecule has 2 aromatic rings. The van der Waals surface area contributed by atoms with Gasteiger partial charge in [-0.15, -0.1) is 0 Å². The van der Waals surface area contributed by atoms with Crippen molar-refractivity contribution in [3.8, 4) is 0 Å². The molecule has 4 heteroatoms. The molecule has 2 N–H and O–H groups in total. The first-order chi connectivity index (χ1) is 9.38. The van der Waals surface area contributed by atoms with Crippen molar-refractivity contribution in [3.63, 3.8) is 0 Å². The van der Waals surface area contributed by atoms with E-state index in [1.54, 1.807) is 0 Å². The monoisotopic (exact) mass is 333 g/mol. The van der Waals surface area contributed by atoms with E-state index >= 15 is 0 Å². The standard InChI is InChI=1S/C16H20BrN3/c1-9(2)15-14(17)16(18)20-13(19-15)8-12-6-5-10(3)11(4)7-12/h5-7,9H,8H2,1-4H3,(H2,18,19,20). The highest BCUT2D eigenvalue weighted by atomic mass is 79.9. The molecule has 20 heavy (non-hydrogen) atoms. The molecular weight excluding hydrogens is 314 g/mol. The van der Waals surface area contributed by atoms with Gasteiger partial charge in [-0.05, 0) is 52.4 Å². The van der Waals surface area contributed by atoms with Gasteiger partial charge >= 0.3 is 0 Å². The third-order valence-corrected chi connectivity index (χ3v) is 4.24. The SMILES string of the molecule is Cc1ccc(Cc2nc(N)c(Br)c(C(C)C)n2)cc1C. The first-order valence-electron chi connectivity index (χ1n) is 6.76. The van der Waals surface area contributed by atoms with Gasteiger partial charge in [0, 0.05) is 6.42 Å². The molecule has 0 unspecified atom stereocenters. The Morgan fingerprint density at radius 2 is 1.85 bits per heavy atom. The Hall–Kier alpha value is -1.42. The maximum Gasteiger partial charge on any atom is 0.141 e. The normalized spacial score (nSPS) is 11.1. The van der Waals surface area contributed by atoms with Crippen molar-refractivity contribution in [2.45, 2.75) is 40.0 Å². The first kappa shape index (κ1) is 15.0. The number of anilines is 1. The minimum Gasteiger partial charge on any atom is -0.383 e. The van der Waals surface area contributed by atoms with Crippen LogP contribution in [-0.4, -0.2) is 9.97 Å². The molecule has 0 saturated heterocycles. The van der Waals surface area contributed by atoms with Gasteiger partial charge in [0.2, 0.25) is 0 Å². The lowest BCUT2D eigenvalue weighted by atomic mass is 10.0. The molecule has 1 heterocycles. The molecule has 0 radical (unpaired) electrons. The summed E-state index contributed by atoms with van der Waals surface area (Å²) in [5.74, 6) is 1.60. The minimum atomic E-state index is 0.313. The third-order valence-electron chi connectivity index (χ3n) is 3.43. The predicted octanol–water partition coefficient (Wildman–Crippen LogP) is 4.15. The fourth-order valence-electron chi connectivity index (χ4n) is 2.09. The lowest BCUT2D eigenvalue weighted by Gasteiger charge is -2.12. The Morgan fingerprint density at radius 1 is 1.15 bits per heavy atom. The van der Waals surface area contributed by atoms with Crippen LogP contribution in [0.5, 0.6) is 0 Å². The zero-order valence-corrected chi connectivity index (χ0v) is 14.0. The van der Waals surface area contributed by atoms with Gasteiger partial charge in [0.05, 0.1) is 10.2 Å². The Labute approximate surface area is 128 Å². The number of benzene rings is 1. The number of nitrogen functional groups attached to an aromatic ring is 1. The molecular formula is C16H20BrN3. The van der Waals surface area contributed by atoms with Crippen molar-refractivity contribution in [2.75, 3.05) is 5.73 Å². The van der Waals surface area contributed by atoms with Gasteiger partial charge in [0.25, 0.3) is 0 Å². The lowest BCUT2D eigenvalue weighted by Crippen LogP contribution is -2.07. The van der Waals surface area contributed by atoms with E-state index in [4.69, 9.17) is 5.73 Å². The van der Waals surface area contributed by atoms with Crippen LogP contribution in [0.4, 0.5) is 5.82 Å². The van der Waals surface area contributed by atoms with Crippen LogP contribution < -0.4 is 5.73 Å². The van der Waals surface area contributed by atoms with E-state index < -0.39 is 0 Å². The van der Waals surface area contributed by atoms with Crippen molar-refractivity contribution in [3.05, 3.63) is 50.9 Å². The van der Waals surface area contributed by atoms with E-state index in [9.17, 15) is 0 Å². The molecule has 0 aliphatic carbocycles. The number of hydrogen-bond acceptors (Lipinski definition) is 3. The van der Waals surface area contributed by atoms with E-state index in [1.807, 2.05) is 0 Å². The summed E-state index contributed by atoms with van der Waals surface area (Å²) in [6, 6.07) is 6.45. The average molecular weight is 334 g/mol. The van der Waals surface area contributed by atoms with Crippen molar-refractivity contribution in [1.82, 2.24) is 9.97 Å². The molecule has 1 aromatic carbocycles. The minimum absolute atomic E-state index is 0.313. The highest BCUT2D eigenvalue weighted by molar-refractivity contribution is 9.10. The molecule has 0 atom stereocenters. The zero-order valence-electron chi connectivity index (χ0n) is 12.4. The Balaban J connectivity index is 2.36. The molecule has 0 saturated carbocycles. The van der Waals surface area contributed by atoms with Crippen LogP contribution >= 0.6 is 15.9 Å². The van der Waals surface area contributed by atoms with Crippen LogP contribution in [0.3, 0.4) is 0 Å². The fraction of sp³-hybridized carbons (Fsp3) is 0.375. The Bertz CT molecular complexity index is 636. The molecule has 0 aliphatic heterocycles. The second kappa shape index (κ2) is 5.92.